The molecule has 13 rings (SSSR count). The van der Waals surface area contributed by atoms with Gasteiger partial charge in [0.1, 0.15) is 0 Å². The van der Waals surface area contributed by atoms with Crippen LogP contribution in [0.15, 0.2) is 224 Å². The Morgan fingerprint density at radius 2 is 0.806 bits per heavy atom. The largest absolute Gasteiger partial charge is 0.309 e. The Labute approximate surface area is 358 Å². The number of hydrogen-bond acceptors (Lipinski definition) is 1. The molecule has 0 aliphatic rings. The van der Waals surface area contributed by atoms with Crippen LogP contribution < -0.4 is 0 Å². The maximum atomic E-state index is 5.46. The molecule has 3 heterocycles. The van der Waals surface area contributed by atoms with E-state index in [4.69, 9.17) is 4.98 Å². The molecule has 0 fully saturated rings. The van der Waals surface area contributed by atoms with Gasteiger partial charge in [-0.1, -0.05) is 158 Å². The molecule has 0 saturated heterocycles. The minimum Gasteiger partial charge on any atom is -0.309 e. The third-order valence-electron chi connectivity index (χ3n) is 12.9. The molecule has 0 aliphatic heterocycles. The zero-order valence-electron chi connectivity index (χ0n) is 33.7. The molecule has 0 amide bonds. The van der Waals surface area contributed by atoms with Crippen molar-refractivity contribution in [1.29, 1.82) is 0 Å². The highest BCUT2D eigenvalue weighted by atomic mass is 15.0. The van der Waals surface area contributed by atoms with Crippen LogP contribution in [0.5, 0.6) is 0 Å². The molecule has 0 atom stereocenters. The summed E-state index contributed by atoms with van der Waals surface area (Å²) in [6.07, 6.45) is 0. The molecule has 0 bridgehead atoms. The van der Waals surface area contributed by atoms with E-state index in [0.717, 1.165) is 44.8 Å². The van der Waals surface area contributed by atoms with E-state index in [2.05, 4.69) is 234 Å². The second kappa shape index (κ2) is 13.6. The first-order valence-electron chi connectivity index (χ1n) is 21.3. The van der Waals surface area contributed by atoms with Gasteiger partial charge in [0.05, 0.1) is 33.5 Å². The van der Waals surface area contributed by atoms with Gasteiger partial charge in [-0.3, -0.25) is 0 Å². The minimum atomic E-state index is 0.944. The maximum absolute atomic E-state index is 5.46. The number of nitrogens with zero attached hydrogens (tertiary/aromatic N) is 3. The predicted molar refractivity (Wildman–Crippen MR) is 262 cm³/mol. The summed E-state index contributed by atoms with van der Waals surface area (Å²) in [6, 6.07) is 81.6. The fraction of sp³-hybridized carbons (Fsp3) is 0. The van der Waals surface area contributed by atoms with Crippen molar-refractivity contribution >= 4 is 75.9 Å². The molecule has 0 radical (unpaired) electrons. The van der Waals surface area contributed by atoms with Crippen LogP contribution >= 0.6 is 0 Å². The van der Waals surface area contributed by atoms with Crippen LogP contribution in [0.2, 0.25) is 0 Å². The standard InChI is InChI=1S/C59H37N3/c1-2-18-44(19-3-1)61-54-26-10-8-22-50(54)58-56(61)32-33-57-59(58)51-23-9-11-27-55(51)62(57)45-31-30-38-28-29-41(34-42(38)35-45)52-36-43(48-24-12-16-39-14-4-6-20-46(39)48)37-53(60-52)49-25-13-17-40-15-5-7-21-47(40)49/h1-37H. The Morgan fingerprint density at radius 1 is 0.274 bits per heavy atom. The summed E-state index contributed by atoms with van der Waals surface area (Å²) < 4.78 is 4.85. The zero-order valence-corrected chi connectivity index (χ0v) is 33.7. The smallest absolute Gasteiger partial charge is 0.0721 e. The van der Waals surface area contributed by atoms with Gasteiger partial charge in [-0.25, -0.2) is 4.98 Å². The first-order valence-corrected chi connectivity index (χ1v) is 21.3. The Balaban J connectivity index is 1.02. The molecule has 0 N–H and O–H groups in total. The van der Waals surface area contributed by atoms with E-state index in [1.807, 2.05) is 0 Å². The van der Waals surface area contributed by atoms with Crippen molar-refractivity contribution in [2.75, 3.05) is 0 Å². The topological polar surface area (TPSA) is 22.8 Å². The number of rotatable bonds is 5. The van der Waals surface area contributed by atoms with E-state index in [1.54, 1.807) is 0 Å². The summed E-state index contributed by atoms with van der Waals surface area (Å²) in [7, 11) is 0. The van der Waals surface area contributed by atoms with E-state index in [0.29, 0.717) is 0 Å². The molecule has 3 nitrogen and oxygen atoms in total. The molecule has 3 aromatic heterocycles. The highest BCUT2D eigenvalue weighted by molar-refractivity contribution is 6.29. The van der Waals surface area contributed by atoms with Gasteiger partial charge in [0, 0.05) is 44.0 Å². The lowest BCUT2D eigenvalue weighted by atomic mass is 9.94. The van der Waals surface area contributed by atoms with Crippen molar-refractivity contribution in [3.8, 4) is 45.0 Å². The summed E-state index contributed by atoms with van der Waals surface area (Å²) >= 11 is 0. The van der Waals surface area contributed by atoms with Crippen LogP contribution in [0.1, 0.15) is 0 Å². The van der Waals surface area contributed by atoms with Gasteiger partial charge in [0.15, 0.2) is 0 Å². The summed E-state index contributed by atoms with van der Waals surface area (Å²) in [4.78, 5) is 5.46. The molecule has 13 aromatic rings. The lowest BCUT2D eigenvalue weighted by Gasteiger charge is -2.14. The third-order valence-corrected chi connectivity index (χ3v) is 12.9. The normalized spacial score (nSPS) is 11.9. The van der Waals surface area contributed by atoms with Gasteiger partial charge in [0.25, 0.3) is 0 Å². The first kappa shape index (κ1) is 34.6. The third kappa shape index (κ3) is 5.28. The van der Waals surface area contributed by atoms with E-state index >= 15 is 0 Å². The van der Waals surface area contributed by atoms with Crippen molar-refractivity contribution in [2.45, 2.75) is 0 Å². The van der Waals surface area contributed by atoms with Gasteiger partial charge in [-0.15, -0.1) is 0 Å². The zero-order chi connectivity index (χ0) is 40.7. The number of benzene rings is 10. The van der Waals surface area contributed by atoms with Crippen LogP contribution in [-0.4, -0.2) is 14.1 Å². The molecule has 10 aromatic carbocycles. The minimum absolute atomic E-state index is 0.944. The number of para-hydroxylation sites is 3. The predicted octanol–water partition coefficient (Wildman–Crippen LogP) is 15.7. The monoisotopic (exact) mass is 787 g/mol. The highest BCUT2D eigenvalue weighted by Gasteiger charge is 2.21. The van der Waals surface area contributed by atoms with E-state index in [1.165, 1.54) is 76.1 Å². The molecule has 288 valence electrons. The number of fused-ring (bicyclic) bond motifs is 10. The van der Waals surface area contributed by atoms with E-state index in [9.17, 15) is 0 Å². The van der Waals surface area contributed by atoms with Crippen molar-refractivity contribution < 1.29 is 0 Å². The summed E-state index contributed by atoms with van der Waals surface area (Å²) in [5, 5.41) is 12.2. The van der Waals surface area contributed by atoms with Gasteiger partial charge in [-0.05, 0) is 110 Å². The quantitative estimate of drug-likeness (QED) is 0.170. The van der Waals surface area contributed by atoms with Gasteiger partial charge < -0.3 is 9.13 Å². The molecular weight excluding hydrogens is 751 g/mol. The van der Waals surface area contributed by atoms with Gasteiger partial charge in [0.2, 0.25) is 0 Å². The Morgan fingerprint density at radius 3 is 1.50 bits per heavy atom. The van der Waals surface area contributed by atoms with Crippen molar-refractivity contribution in [3.05, 3.63) is 224 Å². The van der Waals surface area contributed by atoms with Crippen molar-refractivity contribution in [1.82, 2.24) is 14.1 Å². The van der Waals surface area contributed by atoms with E-state index < -0.39 is 0 Å². The molecule has 3 heteroatoms. The van der Waals surface area contributed by atoms with Crippen LogP contribution in [0, 0.1) is 0 Å². The maximum Gasteiger partial charge on any atom is 0.0721 e. The van der Waals surface area contributed by atoms with Crippen LogP contribution in [0.25, 0.3) is 121 Å². The first-order chi connectivity index (χ1) is 30.7. The molecule has 0 spiro atoms. The summed E-state index contributed by atoms with van der Waals surface area (Å²) in [5.74, 6) is 0. The number of aromatic nitrogens is 3. The fourth-order valence-electron chi connectivity index (χ4n) is 10.1. The molecular formula is C59H37N3. The Bertz CT molecular complexity index is 3820. The number of hydrogen-bond donors (Lipinski definition) is 0. The van der Waals surface area contributed by atoms with Crippen LogP contribution in [-0.2, 0) is 0 Å². The summed E-state index contributed by atoms with van der Waals surface area (Å²) in [6.45, 7) is 0. The second-order valence-corrected chi connectivity index (χ2v) is 16.3. The fourth-order valence-corrected chi connectivity index (χ4v) is 10.1. The SMILES string of the molecule is c1ccc(-n2c3ccccc3c3c4c5ccccc5n(-c5ccc6ccc(-c7cc(-c8cccc9ccccc89)cc(-c8cccc9ccccc89)n7)cc6c5)c4ccc32)cc1. The highest BCUT2D eigenvalue weighted by Crippen LogP contribution is 2.43. The van der Waals surface area contributed by atoms with Gasteiger partial charge in [-0.2, -0.15) is 0 Å². The lowest BCUT2D eigenvalue weighted by molar-refractivity contribution is 1.17. The Hall–Kier alpha value is -8.27. The average molecular weight is 788 g/mol. The molecule has 0 saturated carbocycles. The second-order valence-electron chi connectivity index (χ2n) is 16.3. The summed E-state index contributed by atoms with van der Waals surface area (Å²) in [5.41, 5.74) is 13.5. The molecule has 0 aliphatic carbocycles. The lowest BCUT2D eigenvalue weighted by Crippen LogP contribution is -1.95. The van der Waals surface area contributed by atoms with Crippen molar-refractivity contribution in [2.24, 2.45) is 0 Å². The Kier molecular flexibility index (Phi) is 7.60. The van der Waals surface area contributed by atoms with Crippen LogP contribution in [0.4, 0.5) is 0 Å². The van der Waals surface area contributed by atoms with E-state index in [-0.39, 0.29) is 0 Å². The molecule has 0 unspecified atom stereocenters. The van der Waals surface area contributed by atoms with Crippen molar-refractivity contribution in [3.63, 3.8) is 0 Å². The van der Waals surface area contributed by atoms with Crippen LogP contribution in [0.3, 0.4) is 0 Å². The average Bonchev–Trinajstić information content (AvgIpc) is 3.86. The molecule has 62 heavy (non-hydrogen) atoms. The van der Waals surface area contributed by atoms with Gasteiger partial charge >= 0.3 is 0 Å². The number of pyridine rings is 1.